The molecule has 7 nitrogen and oxygen atoms in total. The molecule has 0 aliphatic carbocycles. The second-order valence-corrected chi connectivity index (χ2v) is 7.49. The number of imide groups is 2. The van der Waals surface area contributed by atoms with Crippen molar-refractivity contribution in [2.75, 3.05) is 18.4 Å². The van der Waals surface area contributed by atoms with Gasteiger partial charge in [-0.25, -0.2) is 9.78 Å². The number of urea groups is 1. The fraction of sp³-hybridized carbons (Fsp3) is 0.263. The van der Waals surface area contributed by atoms with Crippen molar-refractivity contribution < 1.29 is 27.6 Å². The number of benzene rings is 1. The van der Waals surface area contributed by atoms with E-state index in [0.717, 1.165) is 11.0 Å². The largest absolute Gasteiger partial charge is 0.417 e. The molecule has 1 atom stereocenters. The molecule has 0 bridgehead atoms. The summed E-state index contributed by atoms with van der Waals surface area (Å²) in [5.41, 5.74) is -0.316. The van der Waals surface area contributed by atoms with Crippen molar-refractivity contribution in [3.05, 3.63) is 57.7 Å². The minimum absolute atomic E-state index is 0.0340. The van der Waals surface area contributed by atoms with Crippen molar-refractivity contribution in [1.29, 1.82) is 0 Å². The molecule has 0 radical (unpaired) electrons. The van der Waals surface area contributed by atoms with Gasteiger partial charge in [-0.2, -0.15) is 13.2 Å². The van der Waals surface area contributed by atoms with Crippen molar-refractivity contribution in [3.8, 4) is 0 Å². The Balaban J connectivity index is 1.64. The summed E-state index contributed by atoms with van der Waals surface area (Å²) < 4.78 is 38.0. The lowest BCUT2D eigenvalue weighted by atomic mass is 9.95. The van der Waals surface area contributed by atoms with Crippen LogP contribution in [0.25, 0.3) is 0 Å². The monoisotopic (exact) mass is 474 g/mol. The van der Waals surface area contributed by atoms with Gasteiger partial charge in [-0.05, 0) is 30.2 Å². The number of rotatable bonds is 6. The van der Waals surface area contributed by atoms with E-state index in [4.69, 9.17) is 23.2 Å². The van der Waals surface area contributed by atoms with Gasteiger partial charge in [0.1, 0.15) is 11.7 Å². The molecule has 12 heteroatoms. The van der Waals surface area contributed by atoms with Gasteiger partial charge in [0, 0.05) is 24.3 Å². The van der Waals surface area contributed by atoms with Gasteiger partial charge in [0.25, 0.3) is 0 Å². The van der Waals surface area contributed by atoms with E-state index in [1.807, 2.05) is 0 Å². The first-order valence-corrected chi connectivity index (χ1v) is 9.69. The number of hydrogen-bond acceptors (Lipinski definition) is 5. The van der Waals surface area contributed by atoms with Gasteiger partial charge in [-0.3, -0.25) is 19.8 Å². The third kappa shape index (κ3) is 5.45. The van der Waals surface area contributed by atoms with Crippen molar-refractivity contribution in [2.24, 2.45) is 5.92 Å². The highest BCUT2D eigenvalue weighted by molar-refractivity contribution is 6.33. The van der Waals surface area contributed by atoms with Crippen LogP contribution in [0.4, 0.5) is 23.8 Å². The first kappa shape index (κ1) is 22.8. The summed E-state index contributed by atoms with van der Waals surface area (Å²) >= 11 is 11.6. The average molecular weight is 475 g/mol. The highest BCUT2D eigenvalue weighted by Gasteiger charge is 2.40. The smallest absolute Gasteiger partial charge is 0.367 e. The van der Waals surface area contributed by atoms with Crippen LogP contribution in [-0.2, 0) is 22.2 Å². The number of halogens is 5. The maximum Gasteiger partial charge on any atom is 0.417 e. The van der Waals surface area contributed by atoms with Crippen molar-refractivity contribution in [1.82, 2.24) is 15.2 Å². The van der Waals surface area contributed by atoms with Crippen molar-refractivity contribution >= 4 is 46.9 Å². The standard InChI is InChI=1S/C19H15Cl2F3N4O3/c20-12-3-1-10(2-4-12)7-13-16(29)27-18(31)28(17(13)30)6-5-25-15-14(21)8-11(9-26-15)19(22,23)24/h1-4,8-9,13H,5-7H2,(H,25,26)(H,27,29,31)/t13-/m1/s1. The SMILES string of the molecule is O=C1NC(=O)N(CCNc2ncc(C(F)(F)F)cc2Cl)C(=O)[C@@H]1Cc1ccc(Cl)cc1. The number of nitrogens with zero attached hydrogens (tertiary/aromatic N) is 2. The Morgan fingerprint density at radius 2 is 1.81 bits per heavy atom. The Morgan fingerprint density at radius 1 is 1.13 bits per heavy atom. The molecule has 0 saturated carbocycles. The first-order valence-electron chi connectivity index (χ1n) is 8.93. The molecule has 3 rings (SSSR count). The van der Waals surface area contributed by atoms with E-state index in [-0.39, 0.29) is 30.4 Å². The van der Waals surface area contributed by atoms with Crippen LogP contribution in [0.5, 0.6) is 0 Å². The Morgan fingerprint density at radius 3 is 2.42 bits per heavy atom. The van der Waals surface area contributed by atoms with E-state index in [1.54, 1.807) is 24.3 Å². The molecule has 4 amide bonds. The van der Waals surface area contributed by atoms with Gasteiger partial charge < -0.3 is 5.32 Å². The number of amides is 4. The molecule has 2 heterocycles. The molecular formula is C19H15Cl2F3N4O3. The van der Waals surface area contributed by atoms with Crippen LogP contribution in [0.15, 0.2) is 36.5 Å². The van der Waals surface area contributed by atoms with Gasteiger partial charge in [0.15, 0.2) is 0 Å². The Bertz CT molecular complexity index is 1020. The zero-order valence-electron chi connectivity index (χ0n) is 15.7. The Kier molecular flexibility index (Phi) is 6.71. The number of barbiturate groups is 1. The van der Waals surface area contributed by atoms with Gasteiger partial charge >= 0.3 is 12.2 Å². The fourth-order valence-electron chi connectivity index (χ4n) is 2.92. The number of carbonyl (C=O) groups excluding carboxylic acids is 3. The van der Waals surface area contributed by atoms with Crippen LogP contribution < -0.4 is 10.6 Å². The van der Waals surface area contributed by atoms with E-state index in [0.29, 0.717) is 16.8 Å². The van der Waals surface area contributed by atoms with Gasteiger partial charge in [-0.1, -0.05) is 35.3 Å². The molecular weight excluding hydrogens is 460 g/mol. The lowest BCUT2D eigenvalue weighted by Crippen LogP contribution is -2.59. The quantitative estimate of drug-likeness (QED) is 0.622. The third-order valence-corrected chi connectivity index (χ3v) is 5.05. The molecule has 2 aromatic rings. The normalized spacial score (nSPS) is 17.0. The molecule has 164 valence electrons. The zero-order valence-corrected chi connectivity index (χ0v) is 17.2. The van der Waals surface area contributed by atoms with Gasteiger partial charge in [-0.15, -0.1) is 0 Å². The van der Waals surface area contributed by atoms with Crippen LogP contribution in [0.3, 0.4) is 0 Å². The number of alkyl halides is 3. The molecule has 2 N–H and O–H groups in total. The molecule has 1 aliphatic rings. The summed E-state index contributed by atoms with van der Waals surface area (Å²) in [6, 6.07) is 6.42. The Hall–Kier alpha value is -2.85. The minimum Gasteiger partial charge on any atom is -0.367 e. The fourth-order valence-corrected chi connectivity index (χ4v) is 3.28. The molecule has 1 aromatic heterocycles. The van der Waals surface area contributed by atoms with Crippen LogP contribution in [0.1, 0.15) is 11.1 Å². The van der Waals surface area contributed by atoms with Crippen LogP contribution in [0, 0.1) is 5.92 Å². The number of pyridine rings is 1. The predicted molar refractivity (Wildman–Crippen MR) is 107 cm³/mol. The highest BCUT2D eigenvalue weighted by Crippen LogP contribution is 2.32. The number of hydrogen-bond donors (Lipinski definition) is 2. The summed E-state index contributed by atoms with van der Waals surface area (Å²) in [5, 5.41) is 5.05. The second kappa shape index (κ2) is 9.11. The summed E-state index contributed by atoms with van der Waals surface area (Å²) in [6.45, 7) is -0.201. The molecule has 1 fully saturated rings. The van der Waals surface area contributed by atoms with Crippen LogP contribution in [0.2, 0.25) is 10.0 Å². The number of nitrogens with one attached hydrogen (secondary N) is 2. The van der Waals surface area contributed by atoms with Crippen LogP contribution in [-0.4, -0.2) is 40.8 Å². The van der Waals surface area contributed by atoms with E-state index in [2.05, 4.69) is 15.6 Å². The van der Waals surface area contributed by atoms with Gasteiger partial charge in [0.2, 0.25) is 11.8 Å². The van der Waals surface area contributed by atoms with Crippen LogP contribution >= 0.6 is 23.2 Å². The summed E-state index contributed by atoms with van der Waals surface area (Å²) in [4.78, 5) is 41.4. The summed E-state index contributed by atoms with van der Waals surface area (Å²) in [7, 11) is 0. The summed E-state index contributed by atoms with van der Waals surface area (Å²) in [5.74, 6) is -2.53. The van der Waals surface area contributed by atoms with Crippen molar-refractivity contribution in [3.63, 3.8) is 0 Å². The molecule has 1 aromatic carbocycles. The minimum atomic E-state index is -4.58. The van der Waals surface area contributed by atoms with E-state index < -0.39 is 35.5 Å². The lowest BCUT2D eigenvalue weighted by molar-refractivity contribution is -0.142. The summed E-state index contributed by atoms with van der Waals surface area (Å²) in [6.07, 6.45) is -3.89. The topological polar surface area (TPSA) is 91.4 Å². The van der Waals surface area contributed by atoms with E-state index in [1.165, 1.54) is 0 Å². The second-order valence-electron chi connectivity index (χ2n) is 6.65. The molecule has 1 aliphatic heterocycles. The highest BCUT2D eigenvalue weighted by atomic mass is 35.5. The molecule has 0 unspecified atom stereocenters. The number of carbonyl (C=O) groups is 3. The van der Waals surface area contributed by atoms with Gasteiger partial charge in [0.05, 0.1) is 10.6 Å². The Labute approximate surface area is 184 Å². The lowest BCUT2D eigenvalue weighted by Gasteiger charge is -2.30. The molecule has 1 saturated heterocycles. The van der Waals surface area contributed by atoms with E-state index in [9.17, 15) is 27.6 Å². The molecule has 31 heavy (non-hydrogen) atoms. The third-order valence-electron chi connectivity index (χ3n) is 4.51. The zero-order chi connectivity index (χ0) is 22.8. The predicted octanol–water partition coefficient (Wildman–Crippen LogP) is 3.76. The maximum absolute atomic E-state index is 12.7. The first-order chi connectivity index (χ1) is 14.6. The van der Waals surface area contributed by atoms with E-state index >= 15 is 0 Å². The number of aromatic nitrogens is 1. The average Bonchev–Trinajstić information content (AvgIpc) is 2.69. The van der Waals surface area contributed by atoms with Crippen molar-refractivity contribution in [2.45, 2.75) is 12.6 Å². The molecule has 0 spiro atoms. The maximum atomic E-state index is 12.7. The number of anilines is 1.